The number of carbonyl (C=O) groups is 1. The minimum Gasteiger partial charge on any atom is -0.344 e. The van der Waals surface area contributed by atoms with Crippen molar-refractivity contribution in [3.8, 4) is 6.07 Å². The molecule has 1 aromatic carbocycles. The summed E-state index contributed by atoms with van der Waals surface area (Å²) in [5, 5.41) is 12.5. The summed E-state index contributed by atoms with van der Waals surface area (Å²) < 4.78 is 42.8. The molecule has 0 aliphatic heterocycles. The van der Waals surface area contributed by atoms with Gasteiger partial charge in [0, 0.05) is 16.3 Å². The van der Waals surface area contributed by atoms with Crippen molar-refractivity contribution in [2.45, 2.75) is 19.4 Å². The maximum absolute atomic E-state index is 14.7. The van der Waals surface area contributed by atoms with Crippen LogP contribution >= 0.6 is 11.3 Å². The molecule has 138 valence electrons. The molecule has 2 aromatic heterocycles. The van der Waals surface area contributed by atoms with E-state index in [0.717, 1.165) is 23.5 Å². The van der Waals surface area contributed by atoms with E-state index in [4.69, 9.17) is 5.26 Å². The zero-order valence-electron chi connectivity index (χ0n) is 13.8. The van der Waals surface area contributed by atoms with Gasteiger partial charge in [0.1, 0.15) is 16.9 Å². The van der Waals surface area contributed by atoms with E-state index in [1.807, 2.05) is 5.32 Å². The van der Waals surface area contributed by atoms with E-state index >= 15 is 0 Å². The third-order valence-electron chi connectivity index (χ3n) is 3.90. The molecule has 3 rings (SSSR count). The lowest BCUT2D eigenvalue weighted by Gasteiger charge is -2.18. The van der Waals surface area contributed by atoms with E-state index in [2.05, 4.69) is 9.97 Å². The highest BCUT2D eigenvalue weighted by molar-refractivity contribution is 7.09. The van der Waals surface area contributed by atoms with Gasteiger partial charge in [-0.05, 0) is 30.7 Å². The predicted octanol–water partition coefficient (Wildman–Crippen LogP) is 2.71. The molecule has 2 heterocycles. The van der Waals surface area contributed by atoms with Crippen molar-refractivity contribution in [1.82, 2.24) is 15.3 Å². The summed E-state index contributed by atoms with van der Waals surface area (Å²) in [5.41, 5.74) is -2.07. The fraction of sp³-hybridized carbons (Fsp3) is 0.176. The molecule has 0 bridgehead atoms. The average Bonchev–Trinajstić information content (AvgIpc) is 3.08. The smallest absolute Gasteiger partial charge is 0.344 e. The number of alkyl halides is 2. The van der Waals surface area contributed by atoms with E-state index in [1.165, 1.54) is 18.4 Å². The SMILES string of the molecule is Cc1c(C(F)(F)C(=O)NCc2nc(C#N)cs2)c(=O)[nH]c2ccc(F)cc12. The summed E-state index contributed by atoms with van der Waals surface area (Å²) in [6, 6.07) is 5.15. The maximum atomic E-state index is 14.7. The van der Waals surface area contributed by atoms with Crippen LogP contribution in [0.15, 0.2) is 28.4 Å². The van der Waals surface area contributed by atoms with Crippen molar-refractivity contribution in [3.63, 3.8) is 0 Å². The number of nitrogens with one attached hydrogen (secondary N) is 2. The number of fused-ring (bicyclic) bond motifs is 1. The van der Waals surface area contributed by atoms with Gasteiger partial charge in [-0.3, -0.25) is 9.59 Å². The maximum Gasteiger partial charge on any atom is 0.355 e. The molecule has 2 N–H and O–H groups in total. The first-order valence-electron chi connectivity index (χ1n) is 7.57. The first-order valence-corrected chi connectivity index (χ1v) is 8.45. The van der Waals surface area contributed by atoms with Crippen LogP contribution in [0.5, 0.6) is 0 Å². The van der Waals surface area contributed by atoms with Crippen molar-refractivity contribution in [3.05, 3.63) is 61.6 Å². The lowest BCUT2D eigenvalue weighted by molar-refractivity contribution is -0.147. The number of thiazole rings is 1. The molecule has 3 aromatic rings. The van der Waals surface area contributed by atoms with Crippen molar-refractivity contribution >= 4 is 28.1 Å². The number of carbonyl (C=O) groups excluding carboxylic acids is 1. The predicted molar refractivity (Wildman–Crippen MR) is 91.8 cm³/mol. The summed E-state index contributed by atoms with van der Waals surface area (Å²) in [4.78, 5) is 30.3. The molecule has 0 aliphatic carbocycles. The number of benzene rings is 1. The molecular formula is C17H11F3N4O2S. The molecular weight excluding hydrogens is 381 g/mol. The Bertz CT molecular complexity index is 1150. The second-order valence-electron chi connectivity index (χ2n) is 5.64. The fourth-order valence-corrected chi connectivity index (χ4v) is 3.29. The highest BCUT2D eigenvalue weighted by Crippen LogP contribution is 2.31. The van der Waals surface area contributed by atoms with Gasteiger partial charge in [-0.25, -0.2) is 9.37 Å². The van der Waals surface area contributed by atoms with Crippen LogP contribution in [0.3, 0.4) is 0 Å². The lowest BCUT2D eigenvalue weighted by Crippen LogP contribution is -2.41. The van der Waals surface area contributed by atoms with Crippen LogP contribution in [0.25, 0.3) is 10.9 Å². The van der Waals surface area contributed by atoms with Crippen LogP contribution < -0.4 is 10.9 Å². The summed E-state index contributed by atoms with van der Waals surface area (Å²) in [7, 11) is 0. The largest absolute Gasteiger partial charge is 0.355 e. The Balaban J connectivity index is 1.94. The zero-order chi connectivity index (χ0) is 19.8. The number of H-pyrrole nitrogens is 1. The molecule has 0 radical (unpaired) electrons. The molecule has 0 saturated heterocycles. The van der Waals surface area contributed by atoms with Gasteiger partial charge < -0.3 is 10.3 Å². The molecule has 27 heavy (non-hydrogen) atoms. The molecule has 1 amide bonds. The van der Waals surface area contributed by atoms with Crippen molar-refractivity contribution in [2.24, 2.45) is 0 Å². The minimum atomic E-state index is -4.15. The van der Waals surface area contributed by atoms with E-state index in [1.54, 1.807) is 6.07 Å². The molecule has 0 fully saturated rings. The van der Waals surface area contributed by atoms with Crippen LogP contribution in [-0.2, 0) is 17.3 Å². The normalized spacial score (nSPS) is 11.4. The van der Waals surface area contributed by atoms with Gasteiger partial charge in [0.2, 0.25) is 0 Å². The second-order valence-corrected chi connectivity index (χ2v) is 6.58. The quantitative estimate of drug-likeness (QED) is 0.713. The van der Waals surface area contributed by atoms with Crippen LogP contribution in [0.2, 0.25) is 0 Å². The lowest BCUT2D eigenvalue weighted by atomic mass is 9.99. The number of pyridine rings is 1. The number of aromatic nitrogens is 2. The number of rotatable bonds is 4. The van der Waals surface area contributed by atoms with E-state index in [-0.39, 0.29) is 33.7 Å². The summed E-state index contributed by atoms with van der Waals surface area (Å²) in [6.07, 6.45) is 0. The standard InChI is InChI=1S/C17H11F3N4O2S/c1-8-11-4-9(18)2-3-12(11)24-15(25)14(8)17(19,20)16(26)22-6-13-23-10(5-21)7-27-13/h2-4,7H,6H2,1H3,(H,22,26)(H,24,25). The third-order valence-corrected chi connectivity index (χ3v) is 4.75. The molecule has 0 spiro atoms. The third kappa shape index (κ3) is 3.41. The van der Waals surface area contributed by atoms with Gasteiger partial charge in [0.25, 0.3) is 11.5 Å². The van der Waals surface area contributed by atoms with Crippen LogP contribution in [0.1, 0.15) is 21.8 Å². The highest BCUT2D eigenvalue weighted by atomic mass is 32.1. The number of hydrogen-bond acceptors (Lipinski definition) is 5. The van der Waals surface area contributed by atoms with Crippen LogP contribution in [-0.4, -0.2) is 15.9 Å². The van der Waals surface area contributed by atoms with E-state index in [9.17, 15) is 22.8 Å². The Morgan fingerprint density at radius 1 is 1.44 bits per heavy atom. The molecule has 0 aliphatic rings. The Hall–Kier alpha value is -3.19. The van der Waals surface area contributed by atoms with Gasteiger partial charge in [-0.2, -0.15) is 14.0 Å². The Morgan fingerprint density at radius 2 is 2.19 bits per heavy atom. The topological polar surface area (TPSA) is 98.6 Å². The number of halogens is 3. The number of amides is 1. The van der Waals surface area contributed by atoms with E-state index in [0.29, 0.717) is 0 Å². The van der Waals surface area contributed by atoms with Gasteiger partial charge in [-0.1, -0.05) is 0 Å². The minimum absolute atomic E-state index is 0.0793. The van der Waals surface area contributed by atoms with Crippen LogP contribution in [0.4, 0.5) is 13.2 Å². The highest BCUT2D eigenvalue weighted by Gasteiger charge is 2.44. The summed E-state index contributed by atoms with van der Waals surface area (Å²) >= 11 is 1.03. The number of aromatic amines is 1. The second kappa shape index (κ2) is 6.85. The van der Waals surface area contributed by atoms with Crippen molar-refractivity contribution in [1.29, 1.82) is 5.26 Å². The van der Waals surface area contributed by atoms with Gasteiger partial charge in [0.05, 0.1) is 12.1 Å². The first-order chi connectivity index (χ1) is 12.7. The van der Waals surface area contributed by atoms with Gasteiger partial charge >= 0.3 is 5.92 Å². The van der Waals surface area contributed by atoms with Crippen LogP contribution in [0, 0.1) is 24.1 Å². The number of nitriles is 1. The Kier molecular flexibility index (Phi) is 4.72. The zero-order valence-corrected chi connectivity index (χ0v) is 14.6. The summed E-state index contributed by atoms with van der Waals surface area (Å²) in [5.74, 6) is -6.50. The van der Waals surface area contributed by atoms with E-state index < -0.39 is 28.8 Å². The monoisotopic (exact) mass is 392 g/mol. The first kappa shape index (κ1) is 18.6. The molecule has 0 unspecified atom stereocenters. The van der Waals surface area contributed by atoms with Crippen molar-refractivity contribution in [2.75, 3.05) is 0 Å². The molecule has 0 atom stereocenters. The van der Waals surface area contributed by atoms with Gasteiger partial charge in [-0.15, -0.1) is 11.3 Å². The molecule has 0 saturated carbocycles. The molecule has 10 heteroatoms. The van der Waals surface area contributed by atoms with Crippen molar-refractivity contribution < 1.29 is 18.0 Å². The number of nitrogens with zero attached hydrogens (tertiary/aromatic N) is 2. The van der Waals surface area contributed by atoms with Gasteiger partial charge in [0.15, 0.2) is 5.69 Å². The number of aryl methyl sites for hydroxylation is 1. The summed E-state index contributed by atoms with van der Waals surface area (Å²) in [6.45, 7) is 0.910. The number of hydrogen-bond donors (Lipinski definition) is 2. The Morgan fingerprint density at radius 3 is 2.85 bits per heavy atom. The Labute approximate surface area is 154 Å². The average molecular weight is 392 g/mol. The molecule has 6 nitrogen and oxygen atoms in total. The fourth-order valence-electron chi connectivity index (χ4n) is 2.63.